The van der Waals surface area contributed by atoms with Crippen molar-refractivity contribution in [1.29, 1.82) is 0 Å². The van der Waals surface area contributed by atoms with Crippen LogP contribution in [-0.2, 0) is 4.79 Å². The Kier molecular flexibility index (Phi) is 7.50. The molecule has 4 nitrogen and oxygen atoms in total. The van der Waals surface area contributed by atoms with E-state index >= 15 is 0 Å². The van der Waals surface area contributed by atoms with Crippen molar-refractivity contribution in [3.8, 4) is 5.75 Å². The third-order valence-electron chi connectivity index (χ3n) is 3.06. The molecule has 0 heterocycles. The van der Waals surface area contributed by atoms with Crippen LogP contribution >= 0.6 is 34.8 Å². The van der Waals surface area contributed by atoms with Gasteiger partial charge >= 0.3 is 0 Å². The van der Waals surface area contributed by atoms with E-state index in [9.17, 15) is 9.18 Å². The Hall–Kier alpha value is -1.82. The van der Waals surface area contributed by atoms with Crippen LogP contribution in [0.4, 0.5) is 4.39 Å². The second-order valence-electron chi connectivity index (χ2n) is 4.99. The van der Waals surface area contributed by atoms with Crippen LogP contribution in [0.15, 0.2) is 41.5 Å². The molecule has 2 aromatic rings. The lowest BCUT2D eigenvalue weighted by molar-refractivity contribution is -0.121. The highest BCUT2D eigenvalue weighted by molar-refractivity contribution is 6.35. The summed E-state index contributed by atoms with van der Waals surface area (Å²) in [7, 11) is 0. The zero-order valence-corrected chi connectivity index (χ0v) is 15.2. The second kappa shape index (κ2) is 9.61. The summed E-state index contributed by atoms with van der Waals surface area (Å²) in [5, 5.41) is 4.94. The van der Waals surface area contributed by atoms with Crippen LogP contribution in [0.1, 0.15) is 18.4 Å². The van der Waals surface area contributed by atoms with Gasteiger partial charge in [0.15, 0.2) is 0 Å². The Morgan fingerprint density at radius 2 is 1.96 bits per heavy atom. The second-order valence-corrected chi connectivity index (χ2v) is 6.24. The van der Waals surface area contributed by atoms with Crippen LogP contribution < -0.4 is 10.2 Å². The molecule has 1 amide bonds. The fourth-order valence-corrected chi connectivity index (χ4v) is 2.52. The van der Waals surface area contributed by atoms with Gasteiger partial charge in [0.25, 0.3) is 0 Å². The molecule has 8 heteroatoms. The number of benzene rings is 2. The Morgan fingerprint density at radius 1 is 1.16 bits per heavy atom. The maximum atomic E-state index is 12.9. The molecule has 0 saturated heterocycles. The predicted molar refractivity (Wildman–Crippen MR) is 98.3 cm³/mol. The molecule has 0 aliphatic heterocycles. The van der Waals surface area contributed by atoms with Crippen LogP contribution in [0, 0.1) is 5.82 Å². The summed E-state index contributed by atoms with van der Waals surface area (Å²) in [5.74, 6) is -0.206. The van der Waals surface area contributed by atoms with Gasteiger partial charge in [-0.1, -0.05) is 34.8 Å². The van der Waals surface area contributed by atoms with Gasteiger partial charge in [-0.3, -0.25) is 4.79 Å². The maximum absolute atomic E-state index is 12.9. The van der Waals surface area contributed by atoms with E-state index in [1.165, 1.54) is 24.4 Å². The van der Waals surface area contributed by atoms with Crippen molar-refractivity contribution in [3.05, 3.63) is 62.8 Å². The molecule has 0 radical (unpaired) electrons. The van der Waals surface area contributed by atoms with Crippen molar-refractivity contribution in [2.24, 2.45) is 5.10 Å². The summed E-state index contributed by atoms with van der Waals surface area (Å²) in [5.41, 5.74) is 2.87. The molecule has 0 spiro atoms. The lowest BCUT2D eigenvalue weighted by atomic mass is 10.2. The molecule has 0 saturated carbocycles. The fraction of sp³-hybridized carbons (Fsp3) is 0.176. The van der Waals surface area contributed by atoms with E-state index in [-0.39, 0.29) is 17.4 Å². The van der Waals surface area contributed by atoms with Crippen molar-refractivity contribution in [3.63, 3.8) is 0 Å². The largest absolute Gasteiger partial charge is 0.492 e. The molecule has 0 atom stereocenters. The number of hydrazone groups is 1. The molecule has 132 valence electrons. The highest BCUT2D eigenvalue weighted by Gasteiger charge is 2.04. The Balaban J connectivity index is 1.71. The highest BCUT2D eigenvalue weighted by Crippen LogP contribution is 2.27. The first-order chi connectivity index (χ1) is 12.0. The zero-order valence-electron chi connectivity index (χ0n) is 12.9. The molecule has 0 aliphatic rings. The smallest absolute Gasteiger partial charge is 0.240 e. The molecule has 0 bridgehead atoms. The third kappa shape index (κ3) is 6.53. The standard InChI is InChI=1S/C17H14Cl3FN2O2/c18-12-4-6-16(15(20)8-12)25-7-1-2-17(24)23-22-10-11-3-5-13(21)9-14(11)19/h3-6,8-10H,1-2,7H2,(H,23,24). The topological polar surface area (TPSA) is 50.7 Å². The lowest BCUT2D eigenvalue weighted by Gasteiger charge is -2.07. The first-order valence-corrected chi connectivity index (χ1v) is 8.44. The number of amides is 1. The molecule has 0 unspecified atom stereocenters. The molecular formula is C17H14Cl3FN2O2. The summed E-state index contributed by atoms with van der Waals surface area (Å²) < 4.78 is 18.4. The first-order valence-electron chi connectivity index (χ1n) is 7.30. The number of hydrogen-bond donors (Lipinski definition) is 1. The monoisotopic (exact) mass is 402 g/mol. The van der Waals surface area contributed by atoms with E-state index in [0.717, 1.165) is 0 Å². The SMILES string of the molecule is O=C(CCCOc1ccc(Cl)cc1Cl)NN=Cc1ccc(F)cc1Cl. The van der Waals surface area contributed by atoms with Gasteiger partial charge in [-0.2, -0.15) is 5.10 Å². The molecule has 2 rings (SSSR count). The molecule has 0 aliphatic carbocycles. The summed E-state index contributed by atoms with van der Waals surface area (Å²) in [6, 6.07) is 8.82. The maximum Gasteiger partial charge on any atom is 0.240 e. The Bertz CT molecular complexity index is 784. The highest BCUT2D eigenvalue weighted by atomic mass is 35.5. The van der Waals surface area contributed by atoms with E-state index in [4.69, 9.17) is 39.5 Å². The van der Waals surface area contributed by atoms with E-state index in [0.29, 0.717) is 34.4 Å². The number of nitrogens with zero attached hydrogens (tertiary/aromatic N) is 1. The van der Waals surface area contributed by atoms with Gasteiger partial charge in [0, 0.05) is 17.0 Å². The average molecular weight is 404 g/mol. The molecule has 2 aromatic carbocycles. The van der Waals surface area contributed by atoms with Gasteiger partial charge in [-0.05, 0) is 42.8 Å². The average Bonchev–Trinajstić information content (AvgIpc) is 2.55. The van der Waals surface area contributed by atoms with E-state index in [1.54, 1.807) is 18.2 Å². The van der Waals surface area contributed by atoms with Gasteiger partial charge in [0.1, 0.15) is 11.6 Å². The summed E-state index contributed by atoms with van der Waals surface area (Å²) in [4.78, 5) is 11.7. The quantitative estimate of drug-likeness (QED) is 0.397. The van der Waals surface area contributed by atoms with Crippen molar-refractivity contribution < 1.29 is 13.9 Å². The molecule has 0 aromatic heterocycles. The van der Waals surface area contributed by atoms with Crippen LogP contribution in [0.25, 0.3) is 0 Å². The normalized spacial score (nSPS) is 10.9. The molecular weight excluding hydrogens is 390 g/mol. The van der Waals surface area contributed by atoms with Gasteiger partial charge in [0.2, 0.25) is 5.91 Å². The van der Waals surface area contributed by atoms with Crippen molar-refractivity contribution in [1.82, 2.24) is 5.43 Å². The number of carbonyl (C=O) groups excluding carboxylic acids is 1. The molecule has 0 fully saturated rings. The Morgan fingerprint density at radius 3 is 2.68 bits per heavy atom. The van der Waals surface area contributed by atoms with Crippen LogP contribution in [0.3, 0.4) is 0 Å². The first kappa shape index (κ1) is 19.5. The molecule has 25 heavy (non-hydrogen) atoms. The van der Waals surface area contributed by atoms with Crippen LogP contribution in [-0.4, -0.2) is 18.7 Å². The lowest BCUT2D eigenvalue weighted by Crippen LogP contribution is -2.18. The van der Waals surface area contributed by atoms with Gasteiger partial charge in [-0.15, -0.1) is 0 Å². The van der Waals surface area contributed by atoms with E-state index < -0.39 is 5.82 Å². The summed E-state index contributed by atoms with van der Waals surface area (Å²) >= 11 is 17.6. The number of rotatable bonds is 7. The number of hydrogen-bond acceptors (Lipinski definition) is 3. The zero-order chi connectivity index (χ0) is 18.2. The van der Waals surface area contributed by atoms with Crippen LogP contribution in [0.5, 0.6) is 5.75 Å². The minimum atomic E-state index is -0.438. The van der Waals surface area contributed by atoms with Crippen LogP contribution in [0.2, 0.25) is 15.1 Å². The summed E-state index contributed by atoms with van der Waals surface area (Å²) in [6.07, 6.45) is 2.06. The van der Waals surface area contributed by atoms with Gasteiger partial charge < -0.3 is 4.74 Å². The van der Waals surface area contributed by atoms with Gasteiger partial charge in [-0.25, -0.2) is 9.82 Å². The van der Waals surface area contributed by atoms with Gasteiger partial charge in [0.05, 0.1) is 22.9 Å². The number of halogens is 4. The summed E-state index contributed by atoms with van der Waals surface area (Å²) in [6.45, 7) is 0.322. The number of ether oxygens (including phenoxy) is 1. The number of nitrogens with one attached hydrogen (secondary N) is 1. The Labute approximate surface area is 159 Å². The minimum absolute atomic E-state index is 0.214. The third-order valence-corrected chi connectivity index (χ3v) is 3.91. The predicted octanol–water partition coefficient (Wildman–Crippen LogP) is 5.10. The van der Waals surface area contributed by atoms with Crippen molar-refractivity contribution in [2.75, 3.05) is 6.61 Å². The van der Waals surface area contributed by atoms with E-state index in [1.807, 2.05) is 0 Å². The minimum Gasteiger partial charge on any atom is -0.492 e. The van der Waals surface area contributed by atoms with E-state index in [2.05, 4.69) is 10.5 Å². The van der Waals surface area contributed by atoms with Crippen molar-refractivity contribution >= 4 is 46.9 Å². The number of carbonyl (C=O) groups is 1. The van der Waals surface area contributed by atoms with Crippen molar-refractivity contribution in [2.45, 2.75) is 12.8 Å². The molecule has 1 N–H and O–H groups in total. The fourth-order valence-electron chi connectivity index (χ4n) is 1.84.